The minimum absolute atomic E-state index is 0.0929. The zero-order chi connectivity index (χ0) is 20.0. The summed E-state index contributed by atoms with van der Waals surface area (Å²) in [6, 6.07) is 9.44. The third-order valence-corrected chi connectivity index (χ3v) is 5.66. The van der Waals surface area contributed by atoms with Gasteiger partial charge in [-0.3, -0.25) is 0 Å². The van der Waals surface area contributed by atoms with Crippen LogP contribution in [0.25, 0.3) is 0 Å². The molecular formula is C18H18Cl2FNO4S. The molecule has 0 saturated heterocycles. The van der Waals surface area contributed by atoms with Crippen LogP contribution < -0.4 is 4.72 Å². The van der Waals surface area contributed by atoms with Crippen molar-refractivity contribution in [1.29, 1.82) is 0 Å². The topological polar surface area (TPSA) is 72.5 Å². The largest absolute Gasteiger partial charge is 0.465 e. The van der Waals surface area contributed by atoms with Crippen LogP contribution in [0, 0.1) is 5.82 Å². The molecule has 0 spiro atoms. The number of carbonyl (C=O) groups is 1. The van der Waals surface area contributed by atoms with Gasteiger partial charge < -0.3 is 4.74 Å². The van der Waals surface area contributed by atoms with E-state index in [1.807, 2.05) is 0 Å². The zero-order valence-corrected chi connectivity index (χ0v) is 16.7. The average molecular weight is 434 g/mol. The molecule has 5 nitrogen and oxygen atoms in total. The standard InChI is InChI=1S/C18H18Cl2FNO4S/c1-26-18(23)13-4-2-12(3-5-13)11-27(24,25)22-17(8-9-19)14-6-7-16(21)15(20)10-14/h2-7,10,17,22H,8-9,11H2,1H3. The molecular weight excluding hydrogens is 416 g/mol. The fourth-order valence-corrected chi connectivity index (χ4v) is 4.27. The van der Waals surface area contributed by atoms with Crippen molar-refractivity contribution in [2.24, 2.45) is 0 Å². The lowest BCUT2D eigenvalue weighted by atomic mass is 10.1. The zero-order valence-electron chi connectivity index (χ0n) is 14.4. The summed E-state index contributed by atoms with van der Waals surface area (Å²) in [6.45, 7) is 0. The first kappa shape index (κ1) is 21.6. The predicted octanol–water partition coefficient (Wildman–Crippen LogP) is 4.06. The molecule has 0 aliphatic rings. The van der Waals surface area contributed by atoms with Crippen LogP contribution in [-0.4, -0.2) is 27.4 Å². The van der Waals surface area contributed by atoms with E-state index < -0.39 is 27.9 Å². The van der Waals surface area contributed by atoms with Gasteiger partial charge in [-0.25, -0.2) is 22.3 Å². The Bertz CT molecular complexity index is 904. The minimum atomic E-state index is -3.73. The van der Waals surface area contributed by atoms with Crippen molar-refractivity contribution in [2.75, 3.05) is 13.0 Å². The smallest absolute Gasteiger partial charge is 0.337 e. The fraction of sp³-hybridized carbons (Fsp3) is 0.278. The van der Waals surface area contributed by atoms with Gasteiger partial charge in [-0.15, -0.1) is 11.6 Å². The maximum absolute atomic E-state index is 13.4. The highest BCUT2D eigenvalue weighted by Gasteiger charge is 2.21. The Kier molecular flexibility index (Phi) is 7.61. The molecule has 2 rings (SSSR count). The molecule has 0 aliphatic heterocycles. The van der Waals surface area contributed by atoms with Gasteiger partial charge in [0.2, 0.25) is 10.0 Å². The Morgan fingerprint density at radius 1 is 1.22 bits per heavy atom. The number of alkyl halides is 1. The second-order valence-electron chi connectivity index (χ2n) is 5.77. The summed E-state index contributed by atoms with van der Waals surface area (Å²) >= 11 is 11.6. The van der Waals surface area contributed by atoms with Crippen LogP contribution in [0.5, 0.6) is 0 Å². The van der Waals surface area contributed by atoms with Crippen LogP contribution in [0.2, 0.25) is 5.02 Å². The first-order valence-corrected chi connectivity index (χ1v) is 10.5. The molecule has 27 heavy (non-hydrogen) atoms. The van der Waals surface area contributed by atoms with E-state index in [0.29, 0.717) is 23.1 Å². The van der Waals surface area contributed by atoms with E-state index in [-0.39, 0.29) is 16.7 Å². The van der Waals surface area contributed by atoms with E-state index in [2.05, 4.69) is 9.46 Å². The van der Waals surface area contributed by atoms with Gasteiger partial charge in [0, 0.05) is 11.9 Å². The first-order valence-electron chi connectivity index (χ1n) is 7.94. The van der Waals surface area contributed by atoms with Gasteiger partial charge in [-0.05, 0) is 41.8 Å². The Balaban J connectivity index is 2.16. The van der Waals surface area contributed by atoms with Gasteiger partial charge in [-0.1, -0.05) is 29.8 Å². The molecule has 0 radical (unpaired) electrons. The summed E-state index contributed by atoms with van der Waals surface area (Å²) in [7, 11) is -2.46. The van der Waals surface area contributed by atoms with E-state index in [1.165, 1.54) is 49.6 Å². The van der Waals surface area contributed by atoms with E-state index in [4.69, 9.17) is 23.2 Å². The van der Waals surface area contributed by atoms with E-state index in [1.54, 1.807) is 0 Å². The third-order valence-electron chi connectivity index (χ3n) is 3.80. The number of hydrogen-bond donors (Lipinski definition) is 1. The van der Waals surface area contributed by atoms with Gasteiger partial charge in [-0.2, -0.15) is 0 Å². The first-order chi connectivity index (χ1) is 12.8. The molecule has 0 saturated carbocycles. The molecule has 1 N–H and O–H groups in total. The van der Waals surface area contributed by atoms with Crippen molar-refractivity contribution in [2.45, 2.75) is 18.2 Å². The Hall–Kier alpha value is -1.67. The maximum Gasteiger partial charge on any atom is 0.337 e. The van der Waals surface area contributed by atoms with Gasteiger partial charge in [0.15, 0.2) is 0 Å². The Morgan fingerprint density at radius 3 is 2.44 bits per heavy atom. The van der Waals surface area contributed by atoms with Crippen molar-refractivity contribution in [1.82, 2.24) is 4.72 Å². The minimum Gasteiger partial charge on any atom is -0.465 e. The Morgan fingerprint density at radius 2 is 1.89 bits per heavy atom. The van der Waals surface area contributed by atoms with E-state index in [9.17, 15) is 17.6 Å². The molecule has 2 aromatic rings. The number of carbonyl (C=O) groups excluding carboxylic acids is 1. The number of sulfonamides is 1. The molecule has 0 fully saturated rings. The molecule has 1 atom stereocenters. The number of rotatable bonds is 8. The quantitative estimate of drug-likeness (QED) is 0.503. The van der Waals surface area contributed by atoms with Gasteiger partial charge >= 0.3 is 5.97 Å². The van der Waals surface area contributed by atoms with Crippen LogP contribution in [-0.2, 0) is 20.5 Å². The SMILES string of the molecule is COC(=O)c1ccc(CS(=O)(=O)NC(CCCl)c2ccc(F)c(Cl)c2)cc1. The molecule has 0 bridgehead atoms. The summed E-state index contributed by atoms with van der Waals surface area (Å²) in [6.07, 6.45) is 0.310. The average Bonchev–Trinajstić information content (AvgIpc) is 2.63. The number of benzene rings is 2. The number of nitrogens with one attached hydrogen (secondary N) is 1. The molecule has 0 aliphatic carbocycles. The van der Waals surface area contributed by atoms with E-state index >= 15 is 0 Å². The van der Waals surface area contributed by atoms with Gasteiger partial charge in [0.1, 0.15) is 5.82 Å². The molecule has 0 amide bonds. The normalized spacial score (nSPS) is 12.6. The van der Waals surface area contributed by atoms with Crippen molar-refractivity contribution in [3.05, 3.63) is 70.0 Å². The highest BCUT2D eigenvalue weighted by atomic mass is 35.5. The summed E-state index contributed by atoms with van der Waals surface area (Å²) in [5.74, 6) is -1.17. The molecule has 0 heterocycles. The molecule has 1 unspecified atom stereocenters. The molecule has 2 aromatic carbocycles. The lowest BCUT2D eigenvalue weighted by Crippen LogP contribution is -2.30. The van der Waals surface area contributed by atoms with Crippen molar-refractivity contribution in [3.8, 4) is 0 Å². The second kappa shape index (κ2) is 9.50. The van der Waals surface area contributed by atoms with Crippen molar-refractivity contribution >= 4 is 39.2 Å². The molecule has 0 aromatic heterocycles. The number of ether oxygens (including phenoxy) is 1. The molecule has 9 heteroatoms. The number of methoxy groups -OCH3 is 1. The summed E-state index contributed by atoms with van der Waals surface area (Å²) in [5, 5.41) is -0.0929. The lowest BCUT2D eigenvalue weighted by molar-refractivity contribution is 0.0600. The number of halogens is 3. The van der Waals surface area contributed by atoms with Crippen molar-refractivity contribution < 1.29 is 22.3 Å². The van der Waals surface area contributed by atoms with Crippen LogP contribution >= 0.6 is 23.2 Å². The van der Waals surface area contributed by atoms with E-state index in [0.717, 1.165) is 0 Å². The van der Waals surface area contributed by atoms with Crippen LogP contribution in [0.15, 0.2) is 42.5 Å². The number of hydrogen-bond acceptors (Lipinski definition) is 4. The van der Waals surface area contributed by atoms with Crippen molar-refractivity contribution in [3.63, 3.8) is 0 Å². The van der Waals surface area contributed by atoms with Crippen LogP contribution in [0.4, 0.5) is 4.39 Å². The van der Waals surface area contributed by atoms with Gasteiger partial charge in [0.05, 0.1) is 23.4 Å². The van der Waals surface area contributed by atoms with Crippen LogP contribution in [0.3, 0.4) is 0 Å². The summed E-state index contributed by atoms with van der Waals surface area (Å²) < 4.78 is 45.6. The highest BCUT2D eigenvalue weighted by molar-refractivity contribution is 7.88. The second-order valence-corrected chi connectivity index (χ2v) is 8.31. The number of esters is 1. The van der Waals surface area contributed by atoms with Crippen LogP contribution in [0.1, 0.15) is 33.9 Å². The highest BCUT2D eigenvalue weighted by Crippen LogP contribution is 2.24. The Labute approximate surface area is 167 Å². The monoisotopic (exact) mass is 433 g/mol. The molecule has 146 valence electrons. The summed E-state index contributed by atoms with van der Waals surface area (Å²) in [5.41, 5.74) is 1.34. The van der Waals surface area contributed by atoms with Gasteiger partial charge in [0.25, 0.3) is 0 Å². The maximum atomic E-state index is 13.4. The third kappa shape index (κ3) is 6.17. The lowest BCUT2D eigenvalue weighted by Gasteiger charge is -2.19. The predicted molar refractivity (Wildman–Crippen MR) is 103 cm³/mol. The summed E-state index contributed by atoms with van der Waals surface area (Å²) in [4.78, 5) is 11.4. The fourth-order valence-electron chi connectivity index (χ4n) is 2.46.